The normalized spacial score (nSPS) is 10.6. The first-order valence-electron chi connectivity index (χ1n) is 5.85. The monoisotopic (exact) mass is 254 g/mol. The number of hydrogen-bond donors (Lipinski definition) is 2. The molecule has 96 valence electrons. The number of carbonyl (C=O) groups excluding carboxylic acids is 1. The van der Waals surface area contributed by atoms with Crippen LogP contribution in [0, 0.1) is 6.92 Å². The second-order valence-electron chi connectivity index (χ2n) is 4.13. The van der Waals surface area contributed by atoms with E-state index < -0.39 is 5.91 Å². The number of phenols is 1. The Morgan fingerprint density at radius 3 is 2.53 bits per heavy atom. The van der Waals surface area contributed by atoms with Crippen molar-refractivity contribution in [1.29, 1.82) is 0 Å². The Morgan fingerprint density at radius 2 is 1.84 bits per heavy atom. The molecule has 4 heteroatoms. The summed E-state index contributed by atoms with van der Waals surface area (Å²) in [6.45, 7) is 2.00. The second kappa shape index (κ2) is 5.82. The van der Waals surface area contributed by atoms with Crippen LogP contribution in [0.15, 0.2) is 53.6 Å². The lowest BCUT2D eigenvalue weighted by molar-refractivity contribution is 0.0952. The van der Waals surface area contributed by atoms with E-state index in [1.54, 1.807) is 18.3 Å². The van der Waals surface area contributed by atoms with Crippen LogP contribution in [0.3, 0.4) is 0 Å². The number of amides is 1. The molecule has 0 fully saturated rings. The molecule has 4 nitrogen and oxygen atoms in total. The number of hydrazone groups is 1. The number of benzene rings is 2. The molecule has 0 aromatic heterocycles. The molecule has 0 spiro atoms. The summed E-state index contributed by atoms with van der Waals surface area (Å²) < 4.78 is 0. The number of aryl methyl sites for hydroxylation is 1. The van der Waals surface area contributed by atoms with Crippen LogP contribution in [0.2, 0.25) is 0 Å². The summed E-state index contributed by atoms with van der Waals surface area (Å²) in [6, 6.07) is 14.1. The molecule has 0 aliphatic heterocycles. The third-order valence-electron chi connectivity index (χ3n) is 2.61. The van der Waals surface area contributed by atoms with Crippen molar-refractivity contribution in [3.05, 3.63) is 65.2 Å². The third-order valence-corrected chi connectivity index (χ3v) is 2.61. The van der Waals surface area contributed by atoms with Gasteiger partial charge in [-0.15, -0.1) is 0 Å². The summed E-state index contributed by atoms with van der Waals surface area (Å²) in [7, 11) is 0. The summed E-state index contributed by atoms with van der Waals surface area (Å²) in [4.78, 5) is 11.7. The average molecular weight is 254 g/mol. The van der Waals surface area contributed by atoms with Crippen molar-refractivity contribution in [3.63, 3.8) is 0 Å². The lowest BCUT2D eigenvalue weighted by atomic mass is 10.2. The Balaban J connectivity index is 2.01. The minimum Gasteiger partial charge on any atom is -0.507 e. The van der Waals surface area contributed by atoms with E-state index in [2.05, 4.69) is 10.5 Å². The Bertz CT molecular complexity index is 604. The highest BCUT2D eigenvalue weighted by Gasteiger charge is 2.08. The van der Waals surface area contributed by atoms with Gasteiger partial charge in [0.2, 0.25) is 0 Å². The van der Waals surface area contributed by atoms with Gasteiger partial charge in [0.25, 0.3) is 5.91 Å². The molecule has 0 saturated carbocycles. The number of carbonyl (C=O) groups is 1. The Hall–Kier alpha value is -2.62. The van der Waals surface area contributed by atoms with Crippen LogP contribution < -0.4 is 5.43 Å². The fourth-order valence-corrected chi connectivity index (χ4v) is 1.54. The summed E-state index contributed by atoms with van der Waals surface area (Å²) in [6.07, 6.45) is 1.55. The van der Waals surface area contributed by atoms with Crippen LogP contribution in [-0.4, -0.2) is 17.2 Å². The molecule has 2 rings (SSSR count). The van der Waals surface area contributed by atoms with E-state index in [1.807, 2.05) is 31.2 Å². The number of para-hydroxylation sites is 1. The number of aromatic hydroxyl groups is 1. The average Bonchev–Trinajstić information content (AvgIpc) is 2.41. The number of nitrogens with zero attached hydrogens (tertiary/aromatic N) is 1. The van der Waals surface area contributed by atoms with Crippen LogP contribution in [0.5, 0.6) is 5.75 Å². The molecule has 19 heavy (non-hydrogen) atoms. The highest BCUT2D eigenvalue weighted by Crippen LogP contribution is 2.14. The zero-order chi connectivity index (χ0) is 13.7. The predicted octanol–water partition coefficient (Wildman–Crippen LogP) is 2.46. The molecule has 1 amide bonds. The topological polar surface area (TPSA) is 61.7 Å². The Labute approximate surface area is 111 Å². The van der Waals surface area contributed by atoms with Gasteiger partial charge in [-0.2, -0.15) is 5.10 Å². The molecule has 0 unspecified atom stereocenters. The molecular weight excluding hydrogens is 240 g/mol. The van der Waals surface area contributed by atoms with E-state index >= 15 is 0 Å². The second-order valence-corrected chi connectivity index (χ2v) is 4.13. The van der Waals surface area contributed by atoms with Gasteiger partial charge in [-0.25, -0.2) is 5.43 Å². The number of nitrogens with one attached hydrogen (secondary N) is 1. The molecule has 0 aliphatic carbocycles. The molecule has 2 N–H and O–H groups in total. The minimum absolute atomic E-state index is 0.0643. The van der Waals surface area contributed by atoms with Gasteiger partial charge in [-0.05, 0) is 24.6 Å². The highest BCUT2D eigenvalue weighted by molar-refractivity contribution is 5.97. The van der Waals surface area contributed by atoms with E-state index in [-0.39, 0.29) is 11.3 Å². The fourth-order valence-electron chi connectivity index (χ4n) is 1.54. The van der Waals surface area contributed by atoms with Crippen molar-refractivity contribution in [2.24, 2.45) is 5.10 Å². The van der Waals surface area contributed by atoms with E-state index in [0.29, 0.717) is 0 Å². The van der Waals surface area contributed by atoms with Gasteiger partial charge in [0.05, 0.1) is 11.8 Å². The molecule has 2 aromatic rings. The molecule has 0 radical (unpaired) electrons. The van der Waals surface area contributed by atoms with Gasteiger partial charge in [-0.3, -0.25) is 4.79 Å². The maximum Gasteiger partial charge on any atom is 0.275 e. The van der Waals surface area contributed by atoms with Crippen LogP contribution in [0.25, 0.3) is 0 Å². The van der Waals surface area contributed by atoms with E-state index in [4.69, 9.17) is 0 Å². The molecule has 2 aromatic carbocycles. The first-order valence-corrected chi connectivity index (χ1v) is 5.85. The fraction of sp³-hybridized carbons (Fsp3) is 0.0667. The largest absolute Gasteiger partial charge is 0.507 e. The molecule has 0 bridgehead atoms. The van der Waals surface area contributed by atoms with Gasteiger partial charge in [-0.1, -0.05) is 42.0 Å². The molecular formula is C15H14N2O2. The maximum atomic E-state index is 11.7. The van der Waals surface area contributed by atoms with Gasteiger partial charge < -0.3 is 5.11 Å². The minimum atomic E-state index is -0.443. The molecule has 0 heterocycles. The quantitative estimate of drug-likeness (QED) is 0.653. The van der Waals surface area contributed by atoms with Gasteiger partial charge in [0.1, 0.15) is 5.75 Å². The van der Waals surface area contributed by atoms with E-state index in [0.717, 1.165) is 11.1 Å². The summed E-state index contributed by atoms with van der Waals surface area (Å²) in [5.41, 5.74) is 4.63. The standard InChI is InChI=1S/C15H14N2O2/c1-11-6-8-12(9-7-11)10-16-17-15(19)13-4-2-3-5-14(13)18/h2-10,18H,1H3,(H,17,19). The first-order chi connectivity index (χ1) is 9.16. The summed E-state index contributed by atoms with van der Waals surface area (Å²) in [5, 5.41) is 13.4. The van der Waals surface area contributed by atoms with Crippen molar-refractivity contribution in [2.45, 2.75) is 6.92 Å². The third kappa shape index (κ3) is 3.42. The lowest BCUT2D eigenvalue weighted by Gasteiger charge is -2.01. The first kappa shape index (κ1) is 12.8. The van der Waals surface area contributed by atoms with Crippen LogP contribution >= 0.6 is 0 Å². The zero-order valence-electron chi connectivity index (χ0n) is 10.5. The van der Waals surface area contributed by atoms with Crippen molar-refractivity contribution in [1.82, 2.24) is 5.43 Å². The van der Waals surface area contributed by atoms with E-state index in [1.165, 1.54) is 12.1 Å². The van der Waals surface area contributed by atoms with Crippen molar-refractivity contribution in [2.75, 3.05) is 0 Å². The van der Waals surface area contributed by atoms with Gasteiger partial charge in [0, 0.05) is 0 Å². The molecule has 0 aliphatic rings. The van der Waals surface area contributed by atoms with Crippen molar-refractivity contribution < 1.29 is 9.90 Å². The lowest BCUT2D eigenvalue weighted by Crippen LogP contribution is -2.17. The smallest absolute Gasteiger partial charge is 0.275 e. The SMILES string of the molecule is Cc1ccc(C=NNC(=O)c2ccccc2O)cc1. The number of phenolic OH excluding ortho intramolecular Hbond substituents is 1. The zero-order valence-corrected chi connectivity index (χ0v) is 10.5. The van der Waals surface area contributed by atoms with Crippen LogP contribution in [0.1, 0.15) is 21.5 Å². The van der Waals surface area contributed by atoms with E-state index in [9.17, 15) is 9.90 Å². The number of hydrogen-bond acceptors (Lipinski definition) is 3. The molecule has 0 saturated heterocycles. The predicted molar refractivity (Wildman–Crippen MR) is 74.3 cm³/mol. The maximum absolute atomic E-state index is 11.7. The van der Waals surface area contributed by atoms with Crippen LogP contribution in [0.4, 0.5) is 0 Å². The molecule has 0 atom stereocenters. The van der Waals surface area contributed by atoms with Gasteiger partial charge in [0.15, 0.2) is 0 Å². The van der Waals surface area contributed by atoms with Crippen molar-refractivity contribution in [3.8, 4) is 5.75 Å². The summed E-state index contributed by atoms with van der Waals surface area (Å²) in [5.74, 6) is -0.507. The Morgan fingerprint density at radius 1 is 1.16 bits per heavy atom. The number of rotatable bonds is 3. The summed E-state index contributed by atoms with van der Waals surface area (Å²) >= 11 is 0. The van der Waals surface area contributed by atoms with Crippen molar-refractivity contribution >= 4 is 12.1 Å². The Kier molecular flexibility index (Phi) is 3.93. The highest BCUT2D eigenvalue weighted by atomic mass is 16.3. The van der Waals surface area contributed by atoms with Gasteiger partial charge >= 0.3 is 0 Å². The van der Waals surface area contributed by atoms with Crippen LogP contribution in [-0.2, 0) is 0 Å².